The van der Waals surface area contributed by atoms with Crippen molar-refractivity contribution in [2.45, 2.75) is 38.6 Å². The third-order valence-electron chi connectivity index (χ3n) is 5.88. The van der Waals surface area contributed by atoms with Crippen LogP contribution in [-0.4, -0.2) is 29.5 Å². The van der Waals surface area contributed by atoms with Crippen molar-refractivity contribution in [1.82, 2.24) is 4.57 Å². The largest absolute Gasteiger partial charge is 0.491 e. The van der Waals surface area contributed by atoms with Gasteiger partial charge in [0.25, 0.3) is 5.56 Å². The number of carbonyl (C=O) groups is 1. The van der Waals surface area contributed by atoms with Crippen LogP contribution in [0.1, 0.15) is 37.9 Å². The Bertz CT molecular complexity index is 1410. The third kappa shape index (κ3) is 3.54. The molecule has 33 heavy (non-hydrogen) atoms. The number of ether oxygens (including phenoxy) is 3. The maximum atomic E-state index is 13.6. The summed E-state index contributed by atoms with van der Waals surface area (Å²) in [6.07, 6.45) is 1.92. The summed E-state index contributed by atoms with van der Waals surface area (Å²) in [5, 5.41) is 0. The number of hydrogen-bond acceptors (Lipinski definition) is 7. The lowest BCUT2D eigenvalue weighted by Crippen LogP contribution is -2.58. The molecule has 170 valence electrons. The number of thiazole rings is 1. The molecule has 2 aromatic carbocycles. The second-order valence-corrected chi connectivity index (χ2v) is 9.57. The third-order valence-corrected chi connectivity index (χ3v) is 6.87. The number of aromatic nitrogens is 1. The number of fused-ring (bicyclic) bond motifs is 6. The van der Waals surface area contributed by atoms with E-state index in [9.17, 15) is 9.59 Å². The zero-order valence-electron chi connectivity index (χ0n) is 18.8. The molecule has 8 heteroatoms. The molecular weight excluding hydrogens is 440 g/mol. The van der Waals surface area contributed by atoms with Crippen LogP contribution in [0.2, 0.25) is 0 Å². The average molecular weight is 465 g/mol. The number of esters is 1. The van der Waals surface area contributed by atoms with E-state index in [4.69, 9.17) is 19.2 Å². The van der Waals surface area contributed by atoms with E-state index in [0.29, 0.717) is 15.1 Å². The minimum atomic E-state index is -1.17. The molecule has 3 aromatic rings. The van der Waals surface area contributed by atoms with Gasteiger partial charge in [-0.15, -0.1) is 0 Å². The maximum absolute atomic E-state index is 13.6. The van der Waals surface area contributed by atoms with Crippen molar-refractivity contribution in [2.75, 3.05) is 7.11 Å². The first kappa shape index (κ1) is 21.5. The Balaban J connectivity index is 1.67. The number of methoxy groups -OCH3 is 1. The molecule has 0 aliphatic carbocycles. The number of benzene rings is 2. The predicted octanol–water partition coefficient (Wildman–Crippen LogP) is 2.65. The Kier molecular flexibility index (Phi) is 5.12. The highest BCUT2D eigenvalue weighted by atomic mass is 32.1. The minimum Gasteiger partial charge on any atom is -0.491 e. The van der Waals surface area contributed by atoms with Gasteiger partial charge in [-0.2, -0.15) is 0 Å². The van der Waals surface area contributed by atoms with Crippen LogP contribution in [0.4, 0.5) is 0 Å². The number of hydrogen-bond donors (Lipinski definition) is 0. The van der Waals surface area contributed by atoms with Crippen molar-refractivity contribution >= 4 is 23.4 Å². The number of rotatable bonds is 4. The van der Waals surface area contributed by atoms with Gasteiger partial charge in [0.2, 0.25) is 5.72 Å². The van der Waals surface area contributed by atoms with Crippen LogP contribution in [0, 0.1) is 5.92 Å². The zero-order chi connectivity index (χ0) is 23.3. The fourth-order valence-electron chi connectivity index (χ4n) is 4.50. The van der Waals surface area contributed by atoms with E-state index in [1.165, 1.54) is 18.4 Å². The van der Waals surface area contributed by atoms with E-state index in [2.05, 4.69) is 0 Å². The van der Waals surface area contributed by atoms with Crippen molar-refractivity contribution in [3.8, 4) is 11.5 Å². The van der Waals surface area contributed by atoms with Gasteiger partial charge in [0.1, 0.15) is 17.4 Å². The fraction of sp³-hybridized carbons (Fsp3) is 0.320. The first-order valence-electron chi connectivity index (χ1n) is 10.8. The van der Waals surface area contributed by atoms with E-state index in [1.807, 2.05) is 68.5 Å². The van der Waals surface area contributed by atoms with Gasteiger partial charge < -0.3 is 14.2 Å². The molecule has 5 rings (SSSR count). The Morgan fingerprint density at radius 1 is 1.21 bits per heavy atom. The molecule has 2 bridgehead atoms. The molecule has 0 radical (unpaired) electrons. The summed E-state index contributed by atoms with van der Waals surface area (Å²) in [4.78, 5) is 31.7. The molecule has 0 saturated heterocycles. The molecule has 2 aliphatic rings. The second-order valence-electron chi connectivity index (χ2n) is 8.56. The molecule has 0 saturated carbocycles. The summed E-state index contributed by atoms with van der Waals surface area (Å²) in [6, 6.07) is 14.5. The van der Waals surface area contributed by atoms with Crippen LogP contribution >= 0.6 is 11.3 Å². The first-order valence-corrected chi connectivity index (χ1v) is 11.6. The second kappa shape index (κ2) is 7.88. The monoisotopic (exact) mass is 464 g/mol. The molecule has 1 aromatic heterocycles. The standard InChI is InChI=1S/C25H24N2O5S/c1-14(2)31-16-11-9-15(10-12-16)13-19-22(28)27-21-17-7-5-6-8-18(17)32-25(3,26-24(27)33-19)20(21)23(29)30-4/h5-14,20-21H,1-4H3/b19-13-/t20-,21+,25+/m0/s1. The summed E-state index contributed by atoms with van der Waals surface area (Å²) in [7, 11) is 1.34. The number of carbonyl (C=O) groups excluding carboxylic acids is 1. The van der Waals surface area contributed by atoms with Crippen LogP contribution in [-0.2, 0) is 9.53 Å². The predicted molar refractivity (Wildman–Crippen MR) is 124 cm³/mol. The van der Waals surface area contributed by atoms with Crippen LogP contribution in [0.3, 0.4) is 0 Å². The lowest BCUT2D eigenvalue weighted by Gasteiger charge is -2.44. The van der Waals surface area contributed by atoms with Gasteiger partial charge in [-0.25, -0.2) is 4.99 Å². The van der Waals surface area contributed by atoms with Crippen LogP contribution in [0.15, 0.2) is 58.3 Å². The SMILES string of the molecule is COC(=O)[C@@H]1[C@H]2c3ccccc3O[C@@]1(C)N=c1s/c(=C\c3ccc(OC(C)C)cc3)c(=O)n12. The molecule has 3 heterocycles. The normalized spacial score (nSPS) is 23.2. The van der Waals surface area contributed by atoms with E-state index in [-0.39, 0.29) is 11.7 Å². The van der Waals surface area contributed by atoms with Crippen molar-refractivity contribution in [3.05, 3.63) is 79.3 Å². The maximum Gasteiger partial charge on any atom is 0.317 e. The lowest BCUT2D eigenvalue weighted by atomic mass is 9.81. The highest BCUT2D eigenvalue weighted by Crippen LogP contribution is 2.47. The molecule has 3 atom stereocenters. The quantitative estimate of drug-likeness (QED) is 0.555. The van der Waals surface area contributed by atoms with Crippen molar-refractivity contribution in [1.29, 1.82) is 0 Å². The molecule has 0 spiro atoms. The highest BCUT2D eigenvalue weighted by molar-refractivity contribution is 7.07. The number of nitrogens with zero attached hydrogens (tertiary/aromatic N) is 2. The Morgan fingerprint density at radius 3 is 2.64 bits per heavy atom. The molecule has 2 aliphatic heterocycles. The van der Waals surface area contributed by atoms with Crippen LogP contribution < -0.4 is 24.4 Å². The summed E-state index contributed by atoms with van der Waals surface area (Å²) in [5.74, 6) is 0.146. The van der Waals surface area contributed by atoms with Gasteiger partial charge >= 0.3 is 5.97 Å². The number of para-hydroxylation sites is 1. The summed E-state index contributed by atoms with van der Waals surface area (Å²) in [6.45, 7) is 5.71. The molecule has 7 nitrogen and oxygen atoms in total. The van der Waals surface area contributed by atoms with Crippen molar-refractivity contribution < 1.29 is 19.0 Å². The summed E-state index contributed by atoms with van der Waals surface area (Å²) in [5.41, 5.74) is 0.274. The van der Waals surface area contributed by atoms with Crippen LogP contribution in [0.25, 0.3) is 6.08 Å². The van der Waals surface area contributed by atoms with Gasteiger partial charge in [0.15, 0.2) is 4.80 Å². The molecule has 0 N–H and O–H groups in total. The Labute approximate surface area is 194 Å². The minimum absolute atomic E-state index is 0.0867. The Morgan fingerprint density at radius 2 is 1.94 bits per heavy atom. The highest BCUT2D eigenvalue weighted by Gasteiger charge is 2.55. The lowest BCUT2D eigenvalue weighted by molar-refractivity contribution is -0.158. The van der Waals surface area contributed by atoms with Gasteiger partial charge in [0.05, 0.1) is 23.8 Å². The smallest absolute Gasteiger partial charge is 0.317 e. The van der Waals surface area contributed by atoms with Crippen molar-refractivity contribution in [3.63, 3.8) is 0 Å². The first-order chi connectivity index (χ1) is 15.8. The molecule has 0 amide bonds. The van der Waals surface area contributed by atoms with Crippen LogP contribution in [0.5, 0.6) is 11.5 Å². The fourth-order valence-corrected chi connectivity index (χ4v) is 5.60. The molecule has 0 unspecified atom stereocenters. The van der Waals surface area contributed by atoms with Crippen molar-refractivity contribution in [2.24, 2.45) is 10.9 Å². The molecule has 0 fully saturated rings. The van der Waals surface area contributed by atoms with E-state index in [1.54, 1.807) is 11.5 Å². The molecular formula is C25H24N2O5S. The van der Waals surface area contributed by atoms with E-state index in [0.717, 1.165) is 16.9 Å². The summed E-state index contributed by atoms with van der Waals surface area (Å²) < 4.78 is 19.1. The Hall–Kier alpha value is -3.39. The van der Waals surface area contributed by atoms with E-state index >= 15 is 0 Å². The average Bonchev–Trinajstić information content (AvgIpc) is 3.07. The van der Waals surface area contributed by atoms with Gasteiger partial charge in [-0.3, -0.25) is 14.2 Å². The van der Waals surface area contributed by atoms with E-state index < -0.39 is 23.7 Å². The van der Waals surface area contributed by atoms with Gasteiger partial charge in [-0.05, 0) is 50.6 Å². The van der Waals surface area contributed by atoms with Gasteiger partial charge in [0, 0.05) is 5.56 Å². The zero-order valence-corrected chi connectivity index (χ0v) is 19.6. The van der Waals surface area contributed by atoms with Gasteiger partial charge in [-0.1, -0.05) is 41.7 Å². The topological polar surface area (TPSA) is 79.1 Å². The summed E-state index contributed by atoms with van der Waals surface area (Å²) >= 11 is 1.29.